The number of aryl methyl sites for hydroxylation is 1. The summed E-state index contributed by atoms with van der Waals surface area (Å²) in [6.07, 6.45) is 8.34. The highest BCUT2D eigenvalue weighted by atomic mass is 35.5. The first-order valence-corrected chi connectivity index (χ1v) is 15.6. The second-order valence-corrected chi connectivity index (χ2v) is 12.6. The lowest BCUT2D eigenvalue weighted by atomic mass is 9.93. The number of piperazine rings is 1. The zero-order chi connectivity index (χ0) is 28.1. The van der Waals surface area contributed by atoms with Gasteiger partial charge in [-0.2, -0.15) is 4.31 Å². The van der Waals surface area contributed by atoms with E-state index in [1.54, 1.807) is 39.5 Å². The van der Waals surface area contributed by atoms with Crippen LogP contribution < -0.4 is 15.6 Å². The van der Waals surface area contributed by atoms with Crippen LogP contribution in [0, 0.1) is 0 Å². The molecule has 11 heteroatoms. The topological polar surface area (TPSA) is 96.8 Å². The largest absolute Gasteiger partial charge is 0.487 e. The monoisotopic (exact) mass is 583 g/mol. The van der Waals surface area contributed by atoms with Crippen LogP contribution in [0.15, 0.2) is 59.7 Å². The van der Waals surface area contributed by atoms with E-state index in [1.165, 1.54) is 23.4 Å². The van der Waals surface area contributed by atoms with Crippen LogP contribution in [0.3, 0.4) is 0 Å². The number of rotatable bonds is 10. The summed E-state index contributed by atoms with van der Waals surface area (Å²) in [5.41, 5.74) is 5.21. The third kappa shape index (κ3) is 7.38. The van der Waals surface area contributed by atoms with E-state index in [2.05, 4.69) is 39.5 Å². The van der Waals surface area contributed by atoms with Crippen molar-refractivity contribution in [3.8, 4) is 5.75 Å². The Bertz CT molecular complexity index is 1530. The van der Waals surface area contributed by atoms with Crippen molar-refractivity contribution >= 4 is 33.4 Å². The molecule has 0 bridgehead atoms. The molecule has 0 amide bonds. The van der Waals surface area contributed by atoms with E-state index in [4.69, 9.17) is 16.3 Å². The average Bonchev–Trinajstić information content (AvgIpc) is 2.94. The molecule has 5 rings (SSSR count). The van der Waals surface area contributed by atoms with Gasteiger partial charge < -0.3 is 10.1 Å². The minimum atomic E-state index is -3.09. The number of hydrogen-bond donors (Lipinski definition) is 1. The Balaban J connectivity index is 1.12. The number of sulfonamides is 1. The molecule has 2 aromatic heterocycles. The van der Waals surface area contributed by atoms with E-state index in [9.17, 15) is 13.2 Å². The normalized spacial score (nSPS) is 16.4. The van der Waals surface area contributed by atoms with Gasteiger partial charge in [0.05, 0.1) is 17.0 Å². The standard InChI is InChI=1S/C29H34ClN5O4S/c1-40(37,38)34-14-12-33(13-15-34)11-9-31-19-22-2-3-24-17-27(7-4-23(24)16-22)35-10-8-28(18-29(35)36)39-21-26-6-5-25(30)20-32-26/h2-3,5-6,8,10,16-18,20,31H,4,7,9,11-15,19,21H2,1H3. The van der Waals surface area contributed by atoms with Crippen molar-refractivity contribution in [2.45, 2.75) is 26.0 Å². The van der Waals surface area contributed by atoms with Crippen LogP contribution in [0.4, 0.5) is 0 Å². The molecular weight excluding hydrogens is 550 g/mol. The van der Waals surface area contributed by atoms with Crippen molar-refractivity contribution in [1.29, 1.82) is 0 Å². The molecule has 9 nitrogen and oxygen atoms in total. The second kappa shape index (κ2) is 12.7. The molecule has 1 saturated heterocycles. The third-order valence-corrected chi connectivity index (χ3v) is 8.82. The van der Waals surface area contributed by atoms with Gasteiger partial charge in [0.2, 0.25) is 10.0 Å². The summed E-state index contributed by atoms with van der Waals surface area (Å²) < 4.78 is 32.3. The van der Waals surface area contributed by atoms with Crippen LogP contribution in [0.25, 0.3) is 11.8 Å². The predicted molar refractivity (Wildman–Crippen MR) is 158 cm³/mol. The van der Waals surface area contributed by atoms with Crippen LogP contribution in [0.1, 0.15) is 28.8 Å². The maximum atomic E-state index is 12.9. The lowest BCUT2D eigenvalue weighted by Crippen LogP contribution is -2.49. The van der Waals surface area contributed by atoms with Crippen molar-refractivity contribution in [2.24, 2.45) is 0 Å². The Morgan fingerprint density at radius 3 is 2.60 bits per heavy atom. The Morgan fingerprint density at radius 1 is 1.05 bits per heavy atom. The summed E-state index contributed by atoms with van der Waals surface area (Å²) >= 11 is 5.87. The zero-order valence-corrected chi connectivity index (χ0v) is 24.1. The first-order chi connectivity index (χ1) is 19.2. The SMILES string of the molecule is CS(=O)(=O)N1CCN(CCNCc2ccc3c(c2)CCC(n2ccc(OCc4ccc(Cl)cn4)cc2=O)=C3)CC1. The predicted octanol–water partition coefficient (Wildman–Crippen LogP) is 3.09. The highest BCUT2D eigenvalue weighted by Crippen LogP contribution is 2.27. The molecule has 0 saturated carbocycles. The molecule has 3 aromatic rings. The van der Waals surface area contributed by atoms with Crippen molar-refractivity contribution in [3.05, 3.63) is 92.6 Å². The molecule has 0 spiro atoms. The van der Waals surface area contributed by atoms with Crippen LogP contribution >= 0.6 is 11.6 Å². The maximum Gasteiger partial charge on any atom is 0.258 e. The number of aromatic nitrogens is 2. The first-order valence-electron chi connectivity index (χ1n) is 13.4. The Kier molecular flexibility index (Phi) is 9.02. The van der Waals surface area contributed by atoms with E-state index in [0.717, 1.165) is 62.5 Å². The lowest BCUT2D eigenvalue weighted by Gasteiger charge is -2.33. The molecule has 0 unspecified atom stereocenters. The Morgan fingerprint density at radius 2 is 1.88 bits per heavy atom. The Labute approximate surface area is 240 Å². The lowest BCUT2D eigenvalue weighted by molar-refractivity contribution is 0.189. The molecule has 0 radical (unpaired) electrons. The number of benzene rings is 1. The molecule has 1 fully saturated rings. The van der Waals surface area contributed by atoms with Gasteiger partial charge >= 0.3 is 0 Å². The van der Waals surface area contributed by atoms with Crippen LogP contribution in [0.2, 0.25) is 5.02 Å². The second-order valence-electron chi connectivity index (χ2n) is 10.2. The smallest absolute Gasteiger partial charge is 0.258 e. The number of nitrogens with one attached hydrogen (secondary N) is 1. The molecule has 0 atom stereocenters. The fraction of sp³-hybridized carbons (Fsp3) is 0.379. The number of fused-ring (bicyclic) bond motifs is 1. The number of halogens is 1. The van der Waals surface area contributed by atoms with Crippen molar-refractivity contribution < 1.29 is 13.2 Å². The highest BCUT2D eigenvalue weighted by Gasteiger charge is 2.22. The fourth-order valence-electron chi connectivity index (χ4n) is 5.02. The number of hydrogen-bond acceptors (Lipinski definition) is 7. The molecule has 1 aliphatic heterocycles. The summed E-state index contributed by atoms with van der Waals surface area (Å²) in [7, 11) is -3.09. The van der Waals surface area contributed by atoms with Gasteiger partial charge in [0.15, 0.2) is 0 Å². The van der Waals surface area contributed by atoms with Crippen molar-refractivity contribution in [1.82, 2.24) is 24.1 Å². The Hall–Kier alpha value is -3.02. The molecular formula is C29H34ClN5O4S. The molecule has 1 aromatic carbocycles. The third-order valence-electron chi connectivity index (χ3n) is 7.29. The number of nitrogens with zero attached hydrogens (tertiary/aromatic N) is 4. The molecule has 2 aliphatic rings. The summed E-state index contributed by atoms with van der Waals surface area (Å²) in [4.78, 5) is 19.4. The van der Waals surface area contributed by atoms with Gasteiger partial charge in [-0.15, -0.1) is 0 Å². The minimum absolute atomic E-state index is 0.130. The molecule has 40 heavy (non-hydrogen) atoms. The van der Waals surface area contributed by atoms with Crippen LogP contribution in [-0.4, -0.2) is 72.7 Å². The molecule has 1 N–H and O–H groups in total. The molecule has 212 valence electrons. The van der Waals surface area contributed by atoms with Crippen LogP contribution in [-0.2, 0) is 29.6 Å². The number of allylic oxidation sites excluding steroid dienone is 1. The van der Waals surface area contributed by atoms with E-state index in [1.807, 2.05) is 0 Å². The summed E-state index contributed by atoms with van der Waals surface area (Å²) in [6, 6.07) is 13.3. The van der Waals surface area contributed by atoms with Gasteiger partial charge in [0, 0.05) is 70.0 Å². The van der Waals surface area contributed by atoms with Gasteiger partial charge in [-0.3, -0.25) is 19.2 Å². The maximum absolute atomic E-state index is 12.9. The zero-order valence-electron chi connectivity index (χ0n) is 22.6. The van der Waals surface area contributed by atoms with E-state index >= 15 is 0 Å². The summed E-state index contributed by atoms with van der Waals surface area (Å²) in [6.45, 7) is 5.43. The van der Waals surface area contributed by atoms with Gasteiger partial charge in [-0.1, -0.05) is 29.8 Å². The van der Waals surface area contributed by atoms with E-state index in [0.29, 0.717) is 23.9 Å². The van der Waals surface area contributed by atoms with Crippen molar-refractivity contribution in [3.63, 3.8) is 0 Å². The summed E-state index contributed by atoms with van der Waals surface area (Å²) in [5.74, 6) is 0.503. The van der Waals surface area contributed by atoms with Gasteiger partial charge in [-0.25, -0.2) is 8.42 Å². The highest BCUT2D eigenvalue weighted by molar-refractivity contribution is 7.88. The van der Waals surface area contributed by atoms with E-state index in [-0.39, 0.29) is 12.2 Å². The van der Waals surface area contributed by atoms with Gasteiger partial charge in [-0.05, 0) is 53.8 Å². The molecule has 3 heterocycles. The summed E-state index contributed by atoms with van der Waals surface area (Å²) in [5, 5.41) is 4.08. The average molecular weight is 584 g/mol. The number of ether oxygens (including phenoxy) is 1. The quantitative estimate of drug-likeness (QED) is 0.366. The van der Waals surface area contributed by atoms with Crippen LogP contribution in [0.5, 0.6) is 5.75 Å². The fourth-order valence-corrected chi connectivity index (χ4v) is 5.96. The van der Waals surface area contributed by atoms with Gasteiger partial charge in [0.25, 0.3) is 5.56 Å². The first kappa shape index (κ1) is 28.5. The number of pyridine rings is 2. The van der Waals surface area contributed by atoms with Crippen molar-refractivity contribution in [2.75, 3.05) is 45.5 Å². The van der Waals surface area contributed by atoms with Gasteiger partial charge in [0.1, 0.15) is 12.4 Å². The minimum Gasteiger partial charge on any atom is -0.487 e. The molecule has 1 aliphatic carbocycles. The van der Waals surface area contributed by atoms with E-state index < -0.39 is 10.0 Å².